The van der Waals surface area contributed by atoms with Gasteiger partial charge in [0.1, 0.15) is 5.82 Å². The third kappa shape index (κ3) is 2.70. The zero-order valence-electron chi connectivity index (χ0n) is 9.23. The molecule has 1 aromatic heterocycles. The van der Waals surface area contributed by atoms with Crippen LogP contribution in [0.1, 0.15) is 11.4 Å². The molecule has 4 nitrogen and oxygen atoms in total. The van der Waals surface area contributed by atoms with Crippen molar-refractivity contribution in [2.45, 2.75) is 6.92 Å². The Labute approximate surface area is 106 Å². The molecular formula is C12H9AlN2O2. The summed E-state index contributed by atoms with van der Waals surface area (Å²) in [6, 6.07) is 5.30. The van der Waals surface area contributed by atoms with Gasteiger partial charge in [0.05, 0.1) is 10.9 Å². The first-order valence-corrected chi connectivity index (χ1v) is 5.62. The number of H-pyrrole nitrogens is 1. The SMILES string of the molecule is Cc1nc2ccc(/C=C/[C](=O)[Al])cc2c(=O)[nH]1. The molecule has 82 valence electrons. The molecule has 2 radical (unpaired) electrons. The van der Waals surface area contributed by atoms with Crippen LogP contribution in [0.2, 0.25) is 0 Å². The number of allylic oxidation sites excluding steroid dienone is 1. The number of hydrogen-bond acceptors (Lipinski definition) is 3. The summed E-state index contributed by atoms with van der Waals surface area (Å²) in [7, 11) is 0. The molecule has 5 heteroatoms. The predicted octanol–water partition coefficient (Wildman–Crippen LogP) is 0.940. The highest BCUT2D eigenvalue weighted by Gasteiger charge is 2.01. The maximum Gasteiger partial charge on any atom is 0.258 e. The van der Waals surface area contributed by atoms with Crippen molar-refractivity contribution in [3.63, 3.8) is 0 Å². The second-order valence-electron chi connectivity index (χ2n) is 3.66. The minimum Gasteiger partial charge on any atom is -0.319 e. The normalized spacial score (nSPS) is 11.1. The molecule has 0 atom stereocenters. The van der Waals surface area contributed by atoms with Gasteiger partial charge in [-0.1, -0.05) is 12.1 Å². The van der Waals surface area contributed by atoms with Gasteiger partial charge in [0, 0.05) is 4.65 Å². The average Bonchev–Trinajstić information content (AvgIpc) is 2.26. The number of nitrogens with one attached hydrogen (secondary N) is 1. The number of aryl methyl sites for hydroxylation is 1. The molecule has 0 saturated heterocycles. The lowest BCUT2D eigenvalue weighted by Gasteiger charge is -1.99. The fourth-order valence-electron chi connectivity index (χ4n) is 1.56. The second kappa shape index (κ2) is 4.66. The molecule has 0 aliphatic carbocycles. The number of carbonyl (C=O) groups is 1. The van der Waals surface area contributed by atoms with Crippen molar-refractivity contribution in [3.05, 3.63) is 46.0 Å². The molecule has 0 spiro atoms. The van der Waals surface area contributed by atoms with Crippen molar-refractivity contribution in [3.8, 4) is 0 Å². The molecule has 2 aromatic rings. The van der Waals surface area contributed by atoms with Crippen LogP contribution >= 0.6 is 0 Å². The van der Waals surface area contributed by atoms with Gasteiger partial charge < -0.3 is 9.78 Å². The molecule has 0 saturated carbocycles. The van der Waals surface area contributed by atoms with Crippen molar-refractivity contribution in [2.24, 2.45) is 0 Å². The van der Waals surface area contributed by atoms with Gasteiger partial charge in [-0.25, -0.2) is 4.98 Å². The number of aromatic amines is 1. The lowest BCUT2D eigenvalue weighted by Crippen LogP contribution is -2.09. The highest BCUT2D eigenvalue weighted by Crippen LogP contribution is 2.11. The number of aromatic nitrogens is 2. The fraction of sp³-hybridized carbons (Fsp3) is 0.0833. The number of rotatable bonds is 2. The summed E-state index contributed by atoms with van der Waals surface area (Å²) in [5.41, 5.74) is 1.28. The molecule has 2 rings (SSSR count). The third-order valence-electron chi connectivity index (χ3n) is 2.29. The zero-order valence-corrected chi connectivity index (χ0v) is 10.4. The van der Waals surface area contributed by atoms with Crippen molar-refractivity contribution >= 4 is 37.9 Å². The topological polar surface area (TPSA) is 62.8 Å². The smallest absolute Gasteiger partial charge is 0.258 e. The van der Waals surface area contributed by atoms with E-state index in [-0.39, 0.29) is 10.2 Å². The molecule has 1 aromatic carbocycles. The fourth-order valence-corrected chi connectivity index (χ4v) is 1.65. The van der Waals surface area contributed by atoms with Crippen molar-refractivity contribution < 1.29 is 4.79 Å². The molecule has 0 amide bonds. The summed E-state index contributed by atoms with van der Waals surface area (Å²) in [6.45, 7) is 1.74. The minimum absolute atomic E-state index is 0.110. The predicted molar refractivity (Wildman–Crippen MR) is 66.9 cm³/mol. The first-order valence-electron chi connectivity index (χ1n) is 5.04. The molecule has 17 heavy (non-hydrogen) atoms. The van der Waals surface area contributed by atoms with E-state index in [4.69, 9.17) is 0 Å². The van der Waals surface area contributed by atoms with Gasteiger partial charge in [-0.2, -0.15) is 0 Å². The van der Waals surface area contributed by atoms with Crippen LogP contribution in [0, 0.1) is 6.92 Å². The summed E-state index contributed by atoms with van der Waals surface area (Å²) in [4.78, 5) is 29.4. The van der Waals surface area contributed by atoms with Crippen LogP contribution in [-0.2, 0) is 4.79 Å². The Morgan fingerprint density at radius 1 is 1.47 bits per heavy atom. The Bertz CT molecular complexity index is 674. The van der Waals surface area contributed by atoms with Gasteiger partial charge in [-0.15, -0.1) is 0 Å². The number of benzene rings is 1. The number of hydrogen-bond donors (Lipinski definition) is 1. The molecule has 0 fully saturated rings. The molecule has 0 aliphatic rings. The van der Waals surface area contributed by atoms with Crippen LogP contribution < -0.4 is 5.56 Å². The monoisotopic (exact) mass is 240 g/mol. The maximum absolute atomic E-state index is 11.7. The van der Waals surface area contributed by atoms with Crippen LogP contribution in [0.15, 0.2) is 29.1 Å². The lowest BCUT2D eigenvalue weighted by atomic mass is 10.1. The molecule has 1 N–H and O–H groups in total. The van der Waals surface area contributed by atoms with Gasteiger partial charge in [-0.3, -0.25) is 4.79 Å². The van der Waals surface area contributed by atoms with E-state index in [0.717, 1.165) is 5.56 Å². The van der Waals surface area contributed by atoms with Crippen LogP contribution in [-0.4, -0.2) is 30.9 Å². The Morgan fingerprint density at radius 2 is 2.24 bits per heavy atom. The summed E-state index contributed by atoms with van der Waals surface area (Å²) < 4.78 is -0.110. The van der Waals surface area contributed by atoms with Crippen molar-refractivity contribution in [2.75, 3.05) is 0 Å². The number of nitrogens with zero attached hydrogens (tertiary/aromatic N) is 1. The van der Waals surface area contributed by atoms with Crippen LogP contribution in [0.5, 0.6) is 0 Å². The summed E-state index contributed by atoms with van der Waals surface area (Å²) in [5.74, 6) is 0.589. The van der Waals surface area contributed by atoms with Crippen molar-refractivity contribution in [1.82, 2.24) is 9.97 Å². The van der Waals surface area contributed by atoms with Crippen LogP contribution in [0.25, 0.3) is 17.0 Å². The quantitative estimate of drug-likeness (QED) is 0.627. The Morgan fingerprint density at radius 3 is 2.94 bits per heavy atom. The van der Waals surface area contributed by atoms with Gasteiger partial charge >= 0.3 is 0 Å². The van der Waals surface area contributed by atoms with Gasteiger partial charge in [0.2, 0.25) is 16.3 Å². The lowest BCUT2D eigenvalue weighted by molar-refractivity contribution is -0.107. The molecule has 0 bridgehead atoms. The highest BCUT2D eigenvalue weighted by atomic mass is 27.0. The van der Waals surface area contributed by atoms with E-state index in [0.29, 0.717) is 16.7 Å². The van der Waals surface area contributed by atoms with Gasteiger partial charge in [0.15, 0.2) is 0 Å². The van der Waals surface area contributed by atoms with E-state index in [1.165, 1.54) is 6.08 Å². The summed E-state index contributed by atoms with van der Waals surface area (Å²) in [5, 5.41) is 0.522. The summed E-state index contributed by atoms with van der Waals surface area (Å²) >= 11 is 2.07. The van der Waals surface area contributed by atoms with Crippen LogP contribution in [0.3, 0.4) is 0 Å². The van der Waals surface area contributed by atoms with E-state index >= 15 is 0 Å². The Balaban J connectivity index is 2.58. The van der Waals surface area contributed by atoms with E-state index < -0.39 is 0 Å². The third-order valence-corrected chi connectivity index (χ3v) is 2.48. The zero-order chi connectivity index (χ0) is 12.4. The molecule has 1 heterocycles. The Kier molecular flexibility index (Phi) is 3.23. The second-order valence-corrected chi connectivity index (χ2v) is 4.23. The highest BCUT2D eigenvalue weighted by molar-refractivity contribution is 6.61. The first kappa shape index (κ1) is 11.8. The van der Waals surface area contributed by atoms with Gasteiger partial charge in [0.25, 0.3) is 5.56 Å². The van der Waals surface area contributed by atoms with E-state index in [9.17, 15) is 9.59 Å². The molecule has 0 unspecified atom stereocenters. The largest absolute Gasteiger partial charge is 0.319 e. The summed E-state index contributed by atoms with van der Waals surface area (Å²) in [6.07, 6.45) is 3.09. The molecule has 0 aliphatic heterocycles. The standard InChI is InChI=1S/C12H9N2O2.Al/c1-8-13-11-5-4-9(3-2-6-15)7-10(11)12(16)14-8;/h2-5,7H,1H3,(H,13,14,16);/b3-2+;. The first-order chi connectivity index (χ1) is 8.06. The van der Waals surface area contributed by atoms with Crippen LogP contribution in [0.4, 0.5) is 0 Å². The van der Waals surface area contributed by atoms with E-state index in [2.05, 4.69) is 26.3 Å². The maximum atomic E-state index is 11.7. The number of carbonyl (C=O) groups excluding carboxylic acids is 1. The van der Waals surface area contributed by atoms with E-state index in [1.54, 1.807) is 25.1 Å². The van der Waals surface area contributed by atoms with E-state index in [1.807, 2.05) is 6.07 Å². The number of fused-ring (bicyclic) bond motifs is 1. The van der Waals surface area contributed by atoms with Crippen molar-refractivity contribution in [1.29, 1.82) is 0 Å². The van der Waals surface area contributed by atoms with Gasteiger partial charge in [-0.05, 0) is 30.7 Å². The average molecular weight is 240 g/mol. The minimum atomic E-state index is -0.167. The molecular weight excluding hydrogens is 231 g/mol. The Hall–Kier alpha value is -1.70.